The fourth-order valence-corrected chi connectivity index (χ4v) is 1.01. The van der Waals surface area contributed by atoms with Crippen molar-refractivity contribution in [1.82, 2.24) is 15.2 Å². The van der Waals surface area contributed by atoms with Crippen LogP contribution >= 0.6 is 0 Å². The van der Waals surface area contributed by atoms with Crippen LogP contribution in [-0.4, -0.2) is 15.2 Å². The molecule has 2 heterocycles. The van der Waals surface area contributed by atoms with Gasteiger partial charge in [-0.2, -0.15) is 5.10 Å². The van der Waals surface area contributed by atoms with Gasteiger partial charge in [-0.3, -0.25) is 0 Å². The number of hydrogen-bond acceptors (Lipinski definition) is 4. The van der Waals surface area contributed by atoms with E-state index in [0.717, 1.165) is 5.52 Å². The molecule has 0 amide bonds. The number of aromatic nitrogens is 3. The quantitative estimate of drug-likeness (QED) is 0.616. The zero-order valence-electron chi connectivity index (χ0n) is 7.90. The molecular formula is C9H11N3O. The molecule has 0 unspecified atom stereocenters. The summed E-state index contributed by atoms with van der Waals surface area (Å²) in [6.45, 7) is 6.14. The maximum atomic E-state index is 5.45. The van der Waals surface area contributed by atoms with Crippen molar-refractivity contribution in [2.45, 2.75) is 26.2 Å². The van der Waals surface area contributed by atoms with Crippen LogP contribution in [0.2, 0.25) is 0 Å². The molecule has 0 fully saturated rings. The van der Waals surface area contributed by atoms with Gasteiger partial charge in [0.2, 0.25) is 5.89 Å². The van der Waals surface area contributed by atoms with Crippen LogP contribution in [0.15, 0.2) is 16.7 Å². The van der Waals surface area contributed by atoms with Crippen LogP contribution in [0.3, 0.4) is 0 Å². The van der Waals surface area contributed by atoms with E-state index >= 15 is 0 Å². The van der Waals surface area contributed by atoms with E-state index in [-0.39, 0.29) is 5.41 Å². The molecule has 2 rings (SSSR count). The van der Waals surface area contributed by atoms with Gasteiger partial charge in [-0.1, -0.05) is 20.8 Å². The van der Waals surface area contributed by atoms with E-state index in [1.165, 1.54) is 0 Å². The normalized spacial score (nSPS) is 12.2. The molecule has 0 N–H and O–H groups in total. The minimum atomic E-state index is -0.0826. The second kappa shape index (κ2) is 2.52. The fraction of sp³-hybridized carbons (Fsp3) is 0.444. The van der Waals surface area contributed by atoms with E-state index in [4.69, 9.17) is 4.42 Å². The van der Waals surface area contributed by atoms with Crippen LogP contribution < -0.4 is 0 Å². The van der Waals surface area contributed by atoms with Gasteiger partial charge >= 0.3 is 0 Å². The van der Waals surface area contributed by atoms with Crippen molar-refractivity contribution in [3.63, 3.8) is 0 Å². The van der Waals surface area contributed by atoms with Crippen molar-refractivity contribution in [2.75, 3.05) is 0 Å². The van der Waals surface area contributed by atoms with E-state index in [1.807, 2.05) is 20.8 Å². The third-order valence-corrected chi connectivity index (χ3v) is 1.72. The summed E-state index contributed by atoms with van der Waals surface area (Å²) in [5.41, 5.74) is 1.19. The van der Waals surface area contributed by atoms with Crippen molar-refractivity contribution in [1.29, 1.82) is 0 Å². The molecule has 0 spiro atoms. The lowest BCUT2D eigenvalue weighted by atomic mass is 9.97. The lowest BCUT2D eigenvalue weighted by molar-refractivity contribution is 0.406. The van der Waals surface area contributed by atoms with Crippen LogP contribution in [0.25, 0.3) is 11.2 Å². The molecule has 13 heavy (non-hydrogen) atoms. The first-order valence-corrected chi connectivity index (χ1v) is 4.16. The Balaban J connectivity index is 2.63. The van der Waals surface area contributed by atoms with Crippen molar-refractivity contribution in [3.05, 3.63) is 18.2 Å². The Morgan fingerprint density at radius 2 is 2.08 bits per heavy atom. The summed E-state index contributed by atoms with van der Waals surface area (Å²) in [6.07, 6.45) is 1.61. The number of nitrogens with zero attached hydrogens (tertiary/aromatic N) is 3. The summed E-state index contributed by atoms with van der Waals surface area (Å²) >= 11 is 0. The summed E-state index contributed by atoms with van der Waals surface area (Å²) in [4.78, 5) is 4.31. The van der Waals surface area contributed by atoms with Gasteiger partial charge in [0.25, 0.3) is 5.71 Å². The predicted octanol–water partition coefficient (Wildman–Crippen LogP) is 1.92. The minimum Gasteiger partial charge on any atom is -0.420 e. The average molecular weight is 177 g/mol. The zero-order chi connectivity index (χ0) is 9.47. The maximum absolute atomic E-state index is 5.45. The highest BCUT2D eigenvalue weighted by atomic mass is 16.4. The van der Waals surface area contributed by atoms with Crippen LogP contribution in [0.4, 0.5) is 0 Å². The molecule has 0 aromatic carbocycles. The molecule has 4 heteroatoms. The lowest BCUT2D eigenvalue weighted by Crippen LogP contribution is -2.10. The highest BCUT2D eigenvalue weighted by Gasteiger charge is 2.21. The SMILES string of the molecule is CC(C)(C)c1nc2ccnnc2o1. The lowest BCUT2D eigenvalue weighted by Gasteiger charge is -2.11. The maximum Gasteiger partial charge on any atom is 0.266 e. The molecule has 0 aliphatic heterocycles. The van der Waals surface area contributed by atoms with Crippen molar-refractivity contribution >= 4 is 11.2 Å². The largest absolute Gasteiger partial charge is 0.420 e. The topological polar surface area (TPSA) is 51.8 Å². The van der Waals surface area contributed by atoms with Crippen LogP contribution in [-0.2, 0) is 5.41 Å². The Morgan fingerprint density at radius 3 is 2.69 bits per heavy atom. The second-order valence-corrected chi connectivity index (χ2v) is 3.99. The number of fused-ring (bicyclic) bond motifs is 1. The van der Waals surface area contributed by atoms with Gasteiger partial charge in [0, 0.05) is 5.41 Å². The number of hydrogen-bond donors (Lipinski definition) is 0. The zero-order valence-corrected chi connectivity index (χ0v) is 7.90. The first-order valence-electron chi connectivity index (χ1n) is 4.16. The Kier molecular flexibility index (Phi) is 1.58. The van der Waals surface area contributed by atoms with E-state index < -0.39 is 0 Å². The molecular weight excluding hydrogens is 166 g/mol. The molecule has 2 aromatic heterocycles. The average Bonchev–Trinajstić information content (AvgIpc) is 2.45. The molecule has 0 radical (unpaired) electrons. The molecule has 0 aliphatic carbocycles. The first-order chi connectivity index (χ1) is 6.07. The van der Waals surface area contributed by atoms with Gasteiger partial charge < -0.3 is 4.42 Å². The number of rotatable bonds is 0. The third-order valence-electron chi connectivity index (χ3n) is 1.72. The molecule has 2 aromatic rings. The minimum absolute atomic E-state index is 0.0826. The molecule has 4 nitrogen and oxygen atoms in total. The molecule has 0 saturated heterocycles. The summed E-state index contributed by atoms with van der Waals surface area (Å²) in [6, 6.07) is 1.79. The standard InChI is InChI=1S/C9H11N3O/c1-9(2,3)8-11-6-4-5-10-12-7(6)13-8/h4-5H,1-3H3. The fourth-order valence-electron chi connectivity index (χ4n) is 1.01. The van der Waals surface area contributed by atoms with E-state index in [0.29, 0.717) is 11.6 Å². The van der Waals surface area contributed by atoms with Crippen molar-refractivity contribution in [3.8, 4) is 0 Å². The van der Waals surface area contributed by atoms with Gasteiger partial charge in [0.05, 0.1) is 6.20 Å². The Morgan fingerprint density at radius 1 is 1.31 bits per heavy atom. The van der Waals surface area contributed by atoms with Crippen molar-refractivity contribution < 1.29 is 4.42 Å². The van der Waals surface area contributed by atoms with Crippen LogP contribution in [0, 0.1) is 0 Å². The molecule has 0 saturated carbocycles. The molecule has 0 atom stereocenters. The van der Waals surface area contributed by atoms with Gasteiger partial charge in [0.15, 0.2) is 0 Å². The van der Waals surface area contributed by atoms with E-state index in [2.05, 4.69) is 15.2 Å². The summed E-state index contributed by atoms with van der Waals surface area (Å²) < 4.78 is 5.45. The summed E-state index contributed by atoms with van der Waals surface area (Å²) in [5.74, 6) is 0.697. The van der Waals surface area contributed by atoms with Crippen molar-refractivity contribution in [2.24, 2.45) is 0 Å². The van der Waals surface area contributed by atoms with Gasteiger partial charge in [0.1, 0.15) is 5.52 Å². The predicted molar refractivity (Wildman–Crippen MR) is 48.3 cm³/mol. The summed E-state index contributed by atoms with van der Waals surface area (Å²) in [5, 5.41) is 7.56. The van der Waals surface area contributed by atoms with Gasteiger partial charge in [-0.05, 0) is 6.07 Å². The second-order valence-electron chi connectivity index (χ2n) is 3.99. The monoisotopic (exact) mass is 177 g/mol. The Hall–Kier alpha value is -1.45. The molecule has 68 valence electrons. The Labute approximate surface area is 76.0 Å². The Bertz CT molecular complexity index is 395. The highest BCUT2D eigenvalue weighted by molar-refractivity contribution is 5.66. The van der Waals surface area contributed by atoms with E-state index in [9.17, 15) is 0 Å². The molecule has 0 aliphatic rings. The third kappa shape index (κ3) is 1.39. The smallest absolute Gasteiger partial charge is 0.266 e. The van der Waals surface area contributed by atoms with Crippen LogP contribution in [0.5, 0.6) is 0 Å². The van der Waals surface area contributed by atoms with E-state index in [1.54, 1.807) is 12.3 Å². The summed E-state index contributed by atoms with van der Waals surface area (Å²) in [7, 11) is 0. The highest BCUT2D eigenvalue weighted by Crippen LogP contribution is 2.23. The van der Waals surface area contributed by atoms with Gasteiger partial charge in [-0.15, -0.1) is 5.10 Å². The number of oxazole rings is 1. The van der Waals surface area contributed by atoms with Gasteiger partial charge in [-0.25, -0.2) is 4.98 Å². The first kappa shape index (κ1) is 8.16. The van der Waals surface area contributed by atoms with Crippen LogP contribution in [0.1, 0.15) is 26.7 Å². The molecule has 0 bridgehead atoms.